The van der Waals surface area contributed by atoms with Gasteiger partial charge < -0.3 is 0 Å². The Kier molecular flexibility index (Phi) is 4.35. The second-order valence-electron chi connectivity index (χ2n) is 4.71. The molecule has 0 saturated carbocycles. The third-order valence-electron chi connectivity index (χ3n) is 3.32. The predicted molar refractivity (Wildman–Crippen MR) is 96.6 cm³/mol. The van der Waals surface area contributed by atoms with E-state index in [1.165, 1.54) is 0 Å². The highest BCUT2D eigenvalue weighted by Crippen LogP contribution is 2.23. The molecule has 0 aliphatic heterocycles. The number of fused-ring (bicyclic) bond motifs is 1. The molecule has 0 bridgehead atoms. The number of halogens is 2. The summed E-state index contributed by atoms with van der Waals surface area (Å²) in [5, 5.41) is 1.04. The van der Waals surface area contributed by atoms with Crippen LogP contribution in [0.25, 0.3) is 10.9 Å². The summed E-state index contributed by atoms with van der Waals surface area (Å²) < 4.78 is 1.89. The minimum absolute atomic E-state index is 0.108. The van der Waals surface area contributed by atoms with Crippen molar-refractivity contribution in [2.45, 2.75) is 6.42 Å². The highest BCUT2D eigenvalue weighted by Gasteiger charge is 2.13. The van der Waals surface area contributed by atoms with Crippen LogP contribution in [0.1, 0.15) is 15.9 Å². The van der Waals surface area contributed by atoms with Gasteiger partial charge in [0.2, 0.25) is 0 Å². The molecule has 2 nitrogen and oxygen atoms in total. The smallest absolute Gasteiger partial charge is 0.168 e. The van der Waals surface area contributed by atoms with Gasteiger partial charge in [0.05, 0.1) is 5.52 Å². The molecule has 4 heteroatoms. The van der Waals surface area contributed by atoms with Crippen molar-refractivity contribution in [1.29, 1.82) is 0 Å². The van der Waals surface area contributed by atoms with Crippen LogP contribution in [0.15, 0.2) is 59.2 Å². The Bertz CT molecular complexity index is 827. The zero-order chi connectivity index (χ0) is 14.8. The minimum atomic E-state index is 0.108. The number of carbonyl (C=O) groups excluding carboxylic acids is 1. The molecular weight excluding hydrogens is 441 g/mol. The summed E-state index contributed by atoms with van der Waals surface area (Å²) in [6, 6.07) is 15.6. The lowest BCUT2D eigenvalue weighted by molar-refractivity contribution is 0.0992. The van der Waals surface area contributed by atoms with E-state index in [1.54, 1.807) is 6.20 Å². The molecule has 0 amide bonds. The third kappa shape index (κ3) is 3.16. The van der Waals surface area contributed by atoms with Crippen LogP contribution in [0.3, 0.4) is 0 Å². The van der Waals surface area contributed by atoms with E-state index in [0.717, 1.165) is 30.1 Å². The van der Waals surface area contributed by atoms with Gasteiger partial charge in [0.1, 0.15) is 0 Å². The fraction of sp³-hybridized carbons (Fsp3) is 0.0588. The average Bonchev–Trinajstić information content (AvgIpc) is 2.50. The summed E-state index contributed by atoms with van der Waals surface area (Å²) in [5.74, 6) is 0.108. The molecule has 0 N–H and O–H groups in total. The maximum atomic E-state index is 12.6. The zero-order valence-corrected chi connectivity index (χ0v) is 14.8. The molecule has 21 heavy (non-hydrogen) atoms. The number of aromatic nitrogens is 1. The molecule has 0 aliphatic rings. The number of benzene rings is 2. The van der Waals surface area contributed by atoms with Crippen molar-refractivity contribution >= 4 is 55.2 Å². The monoisotopic (exact) mass is 451 g/mol. The largest absolute Gasteiger partial charge is 0.294 e. The van der Waals surface area contributed by atoms with Crippen LogP contribution in [0.5, 0.6) is 0 Å². The molecule has 0 aliphatic carbocycles. The van der Waals surface area contributed by atoms with Gasteiger partial charge in [0, 0.05) is 31.6 Å². The SMILES string of the molecule is O=C(Cc1ccnc2ccccc12)c1cc(I)ccc1Br. The summed E-state index contributed by atoms with van der Waals surface area (Å²) in [7, 11) is 0. The van der Waals surface area contributed by atoms with E-state index in [4.69, 9.17) is 0 Å². The lowest BCUT2D eigenvalue weighted by Crippen LogP contribution is -2.05. The molecule has 1 aromatic heterocycles. The first-order chi connectivity index (χ1) is 10.1. The molecule has 0 fully saturated rings. The average molecular weight is 452 g/mol. The topological polar surface area (TPSA) is 30.0 Å². The zero-order valence-electron chi connectivity index (χ0n) is 11.0. The molecule has 3 aromatic rings. The van der Waals surface area contributed by atoms with Crippen molar-refractivity contribution in [2.75, 3.05) is 0 Å². The Hall–Kier alpha value is -1.27. The highest BCUT2D eigenvalue weighted by atomic mass is 127. The normalized spacial score (nSPS) is 10.8. The van der Waals surface area contributed by atoms with Gasteiger partial charge in [-0.05, 0) is 58.5 Å². The van der Waals surface area contributed by atoms with Gasteiger partial charge in [-0.15, -0.1) is 0 Å². The molecule has 0 unspecified atom stereocenters. The van der Waals surface area contributed by atoms with Crippen LogP contribution in [-0.2, 0) is 6.42 Å². The number of ketones is 1. The molecule has 1 heterocycles. The molecule has 0 spiro atoms. The minimum Gasteiger partial charge on any atom is -0.294 e. The van der Waals surface area contributed by atoms with Crippen LogP contribution >= 0.6 is 38.5 Å². The molecule has 104 valence electrons. The number of pyridine rings is 1. The highest BCUT2D eigenvalue weighted by molar-refractivity contribution is 14.1. The third-order valence-corrected chi connectivity index (χ3v) is 4.68. The van der Waals surface area contributed by atoms with Gasteiger partial charge in [0.15, 0.2) is 5.78 Å². The van der Waals surface area contributed by atoms with Crippen LogP contribution in [0, 0.1) is 3.57 Å². The Balaban J connectivity index is 1.99. The number of Topliss-reactive ketones (excluding diaryl/α,β-unsaturated/α-hetero) is 1. The van der Waals surface area contributed by atoms with Gasteiger partial charge in [0.25, 0.3) is 0 Å². The van der Waals surface area contributed by atoms with Crippen LogP contribution < -0.4 is 0 Å². The Morgan fingerprint density at radius 1 is 1.14 bits per heavy atom. The number of rotatable bonds is 3. The first-order valence-electron chi connectivity index (χ1n) is 6.46. The molecular formula is C17H11BrINO. The summed E-state index contributed by atoms with van der Waals surface area (Å²) in [5.41, 5.74) is 2.66. The van der Waals surface area contributed by atoms with Crippen LogP contribution in [-0.4, -0.2) is 10.8 Å². The van der Waals surface area contributed by atoms with Crippen molar-refractivity contribution in [3.05, 3.63) is 73.9 Å². The van der Waals surface area contributed by atoms with E-state index >= 15 is 0 Å². The number of nitrogens with zero attached hydrogens (tertiary/aromatic N) is 1. The van der Waals surface area contributed by atoms with E-state index in [1.807, 2.05) is 48.5 Å². The van der Waals surface area contributed by atoms with Crippen molar-refractivity contribution in [1.82, 2.24) is 4.98 Å². The lowest BCUT2D eigenvalue weighted by atomic mass is 10.0. The van der Waals surface area contributed by atoms with Crippen molar-refractivity contribution in [3.8, 4) is 0 Å². The van der Waals surface area contributed by atoms with Crippen LogP contribution in [0.2, 0.25) is 0 Å². The fourth-order valence-electron chi connectivity index (χ4n) is 2.29. The molecule has 3 rings (SSSR count). The van der Waals surface area contributed by atoms with E-state index < -0.39 is 0 Å². The Labute approximate surface area is 144 Å². The molecule has 2 aromatic carbocycles. The summed E-state index contributed by atoms with van der Waals surface area (Å²) in [6.07, 6.45) is 2.14. The number of carbonyl (C=O) groups is 1. The number of hydrogen-bond acceptors (Lipinski definition) is 2. The summed E-state index contributed by atoms with van der Waals surface area (Å²) >= 11 is 5.68. The van der Waals surface area contributed by atoms with Crippen molar-refractivity contribution in [2.24, 2.45) is 0 Å². The summed E-state index contributed by atoms with van der Waals surface area (Å²) in [4.78, 5) is 16.9. The van der Waals surface area contributed by atoms with E-state index in [-0.39, 0.29) is 5.78 Å². The Morgan fingerprint density at radius 3 is 2.81 bits per heavy atom. The predicted octanol–water partition coefficient (Wildman–Crippen LogP) is 5.03. The second kappa shape index (κ2) is 6.23. The van der Waals surface area contributed by atoms with Crippen molar-refractivity contribution < 1.29 is 4.79 Å². The van der Waals surface area contributed by atoms with E-state index in [2.05, 4.69) is 43.5 Å². The van der Waals surface area contributed by atoms with Gasteiger partial charge in [-0.1, -0.05) is 34.1 Å². The molecule has 0 radical (unpaired) electrons. The van der Waals surface area contributed by atoms with Crippen molar-refractivity contribution in [3.63, 3.8) is 0 Å². The molecule has 0 atom stereocenters. The van der Waals surface area contributed by atoms with Gasteiger partial charge in [-0.3, -0.25) is 9.78 Å². The summed E-state index contributed by atoms with van der Waals surface area (Å²) in [6.45, 7) is 0. The maximum absolute atomic E-state index is 12.6. The molecule has 0 saturated heterocycles. The van der Waals surface area contributed by atoms with Gasteiger partial charge in [-0.25, -0.2) is 0 Å². The standard InChI is InChI=1S/C17H11BrINO/c18-15-6-5-12(19)10-14(15)17(21)9-11-7-8-20-16-4-2-1-3-13(11)16/h1-8,10H,9H2. The van der Waals surface area contributed by atoms with E-state index in [0.29, 0.717) is 6.42 Å². The second-order valence-corrected chi connectivity index (χ2v) is 6.81. The van der Waals surface area contributed by atoms with Gasteiger partial charge in [-0.2, -0.15) is 0 Å². The maximum Gasteiger partial charge on any atom is 0.168 e. The number of hydrogen-bond donors (Lipinski definition) is 0. The Morgan fingerprint density at radius 2 is 1.95 bits per heavy atom. The van der Waals surface area contributed by atoms with Crippen LogP contribution in [0.4, 0.5) is 0 Å². The van der Waals surface area contributed by atoms with Gasteiger partial charge >= 0.3 is 0 Å². The lowest BCUT2D eigenvalue weighted by Gasteiger charge is -2.07. The van der Waals surface area contributed by atoms with E-state index in [9.17, 15) is 4.79 Å². The number of para-hydroxylation sites is 1. The quantitative estimate of drug-likeness (QED) is 0.413. The first-order valence-corrected chi connectivity index (χ1v) is 8.33. The fourth-order valence-corrected chi connectivity index (χ4v) is 3.25. The first kappa shape index (κ1) is 14.7.